The summed E-state index contributed by atoms with van der Waals surface area (Å²) < 4.78 is 2.02. The molecule has 2 aromatic rings. The molecule has 0 spiro atoms. The van der Waals surface area contributed by atoms with Gasteiger partial charge in [-0.15, -0.1) is 0 Å². The van der Waals surface area contributed by atoms with Gasteiger partial charge in [0.2, 0.25) is 0 Å². The van der Waals surface area contributed by atoms with Crippen LogP contribution in [-0.4, -0.2) is 9.97 Å². The second kappa shape index (κ2) is 6.50. The van der Waals surface area contributed by atoms with Crippen molar-refractivity contribution in [1.29, 1.82) is 0 Å². The lowest BCUT2D eigenvalue weighted by Crippen LogP contribution is -2.05. The van der Waals surface area contributed by atoms with Crippen LogP contribution in [0.15, 0.2) is 22.7 Å². The first-order valence-electron chi connectivity index (χ1n) is 7.05. The zero-order valence-corrected chi connectivity index (χ0v) is 16.2. The minimum absolute atomic E-state index is 0.528. The van der Waals surface area contributed by atoms with Gasteiger partial charge >= 0.3 is 0 Å². The Balaban J connectivity index is 2.10. The van der Waals surface area contributed by atoms with E-state index < -0.39 is 0 Å². The molecule has 2 nitrogen and oxygen atoms in total. The van der Waals surface area contributed by atoms with E-state index in [1.165, 1.54) is 31.2 Å². The van der Waals surface area contributed by atoms with Gasteiger partial charge in [0.25, 0.3) is 0 Å². The maximum Gasteiger partial charge on any atom is 0.162 e. The Kier molecular flexibility index (Phi) is 4.86. The van der Waals surface area contributed by atoms with Gasteiger partial charge in [0.1, 0.15) is 5.15 Å². The minimum Gasteiger partial charge on any atom is -0.232 e. The Morgan fingerprint density at radius 2 is 1.95 bits per heavy atom. The third-order valence-electron chi connectivity index (χ3n) is 3.94. The molecule has 1 aliphatic rings. The number of hydrogen-bond donors (Lipinski definition) is 0. The molecular weight excluding hydrogens is 462 g/mol. The van der Waals surface area contributed by atoms with Crippen molar-refractivity contribution in [3.63, 3.8) is 0 Å². The molecule has 0 atom stereocenters. The van der Waals surface area contributed by atoms with Crippen LogP contribution < -0.4 is 0 Å². The molecule has 0 N–H and O–H groups in total. The Hall–Kier alpha value is -0.200. The van der Waals surface area contributed by atoms with Gasteiger partial charge in [-0.05, 0) is 60.1 Å². The lowest BCUT2D eigenvalue weighted by atomic mass is 10.0. The van der Waals surface area contributed by atoms with E-state index in [4.69, 9.17) is 16.6 Å². The van der Waals surface area contributed by atoms with Crippen LogP contribution in [0.1, 0.15) is 42.9 Å². The number of hydrogen-bond acceptors (Lipinski definition) is 2. The normalized spacial score (nSPS) is 15.6. The van der Waals surface area contributed by atoms with Gasteiger partial charge in [-0.2, -0.15) is 0 Å². The minimum atomic E-state index is 0.528. The van der Waals surface area contributed by atoms with Crippen LogP contribution in [0.4, 0.5) is 0 Å². The van der Waals surface area contributed by atoms with Crippen LogP contribution in [0.5, 0.6) is 0 Å². The van der Waals surface area contributed by atoms with E-state index in [0.29, 0.717) is 16.9 Å². The van der Waals surface area contributed by atoms with Crippen molar-refractivity contribution in [2.75, 3.05) is 0 Å². The summed E-state index contributed by atoms with van der Waals surface area (Å²) in [5, 5.41) is 0.565. The molecule has 3 rings (SSSR count). The maximum atomic E-state index is 6.36. The monoisotopic (exact) mass is 476 g/mol. The van der Waals surface area contributed by atoms with Crippen molar-refractivity contribution in [3.8, 4) is 11.4 Å². The predicted molar refractivity (Wildman–Crippen MR) is 98.8 cm³/mol. The molecular formula is C16H15BrClIN2. The molecule has 0 radical (unpaired) electrons. The van der Waals surface area contributed by atoms with Crippen molar-refractivity contribution in [2.24, 2.45) is 0 Å². The predicted octanol–water partition coefficient (Wildman–Crippen LogP) is 6.13. The van der Waals surface area contributed by atoms with Crippen LogP contribution in [0, 0.1) is 10.5 Å². The topological polar surface area (TPSA) is 25.8 Å². The van der Waals surface area contributed by atoms with Gasteiger partial charge in [-0.3, -0.25) is 0 Å². The summed E-state index contributed by atoms with van der Waals surface area (Å²) in [6, 6.07) is 6.21. The molecule has 1 saturated carbocycles. The van der Waals surface area contributed by atoms with E-state index in [1.807, 2.05) is 0 Å². The fourth-order valence-corrected chi connectivity index (χ4v) is 4.36. The van der Waals surface area contributed by atoms with Crippen LogP contribution in [0.3, 0.4) is 0 Å². The number of aryl methyl sites for hydroxylation is 1. The summed E-state index contributed by atoms with van der Waals surface area (Å²) in [6.07, 6.45) is 4.98. The van der Waals surface area contributed by atoms with Crippen molar-refractivity contribution < 1.29 is 0 Å². The Bertz CT molecular complexity index is 684. The SMILES string of the molecule is Cc1ccc(-c2nc(Cl)c(I)c(C3CCCC3)n2)c(Br)c1. The van der Waals surface area contributed by atoms with Crippen molar-refractivity contribution in [2.45, 2.75) is 38.5 Å². The molecule has 1 heterocycles. The van der Waals surface area contributed by atoms with E-state index in [-0.39, 0.29) is 0 Å². The van der Waals surface area contributed by atoms with Crippen LogP contribution in [0.2, 0.25) is 5.15 Å². The van der Waals surface area contributed by atoms with Crippen LogP contribution >= 0.6 is 50.1 Å². The first-order valence-corrected chi connectivity index (χ1v) is 9.30. The van der Waals surface area contributed by atoms with Gasteiger partial charge in [0, 0.05) is 16.0 Å². The highest BCUT2D eigenvalue weighted by molar-refractivity contribution is 14.1. The average Bonchev–Trinajstić information content (AvgIpc) is 2.96. The molecule has 0 aliphatic heterocycles. The molecule has 1 aromatic carbocycles. The Labute approximate surface area is 152 Å². The molecule has 110 valence electrons. The van der Waals surface area contributed by atoms with Crippen molar-refractivity contribution in [3.05, 3.63) is 42.7 Å². The Morgan fingerprint density at radius 1 is 1.24 bits per heavy atom. The van der Waals surface area contributed by atoms with E-state index in [2.05, 4.69) is 68.6 Å². The smallest absolute Gasteiger partial charge is 0.162 e. The third-order valence-corrected chi connectivity index (χ3v) is 6.26. The summed E-state index contributed by atoms with van der Waals surface area (Å²) in [5.41, 5.74) is 3.33. The van der Waals surface area contributed by atoms with Crippen LogP contribution in [-0.2, 0) is 0 Å². The van der Waals surface area contributed by atoms with Crippen molar-refractivity contribution in [1.82, 2.24) is 9.97 Å². The molecule has 1 aromatic heterocycles. The van der Waals surface area contributed by atoms with Gasteiger partial charge in [-0.1, -0.05) is 46.4 Å². The molecule has 0 saturated heterocycles. The number of benzene rings is 1. The summed E-state index contributed by atoms with van der Waals surface area (Å²) in [5.74, 6) is 1.24. The molecule has 5 heteroatoms. The highest BCUT2D eigenvalue weighted by Gasteiger charge is 2.24. The number of halogens is 3. The zero-order chi connectivity index (χ0) is 15.0. The van der Waals surface area contributed by atoms with E-state index in [1.54, 1.807) is 0 Å². The summed E-state index contributed by atoms with van der Waals surface area (Å²) in [4.78, 5) is 9.33. The molecule has 0 unspecified atom stereocenters. The number of rotatable bonds is 2. The van der Waals surface area contributed by atoms with Crippen molar-refractivity contribution >= 4 is 50.1 Å². The summed E-state index contributed by atoms with van der Waals surface area (Å²) in [6.45, 7) is 2.07. The first-order chi connectivity index (χ1) is 10.1. The molecule has 21 heavy (non-hydrogen) atoms. The fourth-order valence-electron chi connectivity index (χ4n) is 2.83. The molecule has 1 aliphatic carbocycles. The van der Waals surface area contributed by atoms with Gasteiger partial charge < -0.3 is 0 Å². The second-order valence-corrected chi connectivity index (χ2v) is 7.79. The largest absolute Gasteiger partial charge is 0.232 e. The van der Waals surface area contributed by atoms with Gasteiger partial charge in [0.15, 0.2) is 5.82 Å². The molecule has 0 bridgehead atoms. The highest BCUT2D eigenvalue weighted by atomic mass is 127. The quantitative estimate of drug-likeness (QED) is 0.384. The summed E-state index contributed by atoms with van der Waals surface area (Å²) in [7, 11) is 0. The van der Waals surface area contributed by atoms with E-state index in [9.17, 15) is 0 Å². The number of aromatic nitrogens is 2. The maximum absolute atomic E-state index is 6.36. The fraction of sp³-hybridized carbons (Fsp3) is 0.375. The Morgan fingerprint density at radius 3 is 2.62 bits per heavy atom. The second-order valence-electron chi connectivity index (χ2n) is 5.50. The standard InChI is InChI=1S/C16H15BrClIN2/c1-9-6-7-11(12(17)8-9)16-20-14(10-4-2-3-5-10)13(19)15(18)21-16/h6-8,10H,2-5H2,1H3. The molecule has 1 fully saturated rings. The zero-order valence-electron chi connectivity index (χ0n) is 11.7. The highest BCUT2D eigenvalue weighted by Crippen LogP contribution is 2.38. The van der Waals surface area contributed by atoms with Gasteiger partial charge in [0.05, 0.1) is 9.26 Å². The summed E-state index contributed by atoms with van der Waals surface area (Å²) >= 11 is 12.2. The van der Waals surface area contributed by atoms with Crippen LogP contribution in [0.25, 0.3) is 11.4 Å². The van der Waals surface area contributed by atoms with E-state index in [0.717, 1.165) is 19.3 Å². The lowest BCUT2D eigenvalue weighted by Gasteiger charge is -2.14. The lowest BCUT2D eigenvalue weighted by molar-refractivity contribution is 0.690. The average molecular weight is 478 g/mol. The third kappa shape index (κ3) is 3.27. The van der Waals surface area contributed by atoms with E-state index >= 15 is 0 Å². The number of nitrogens with zero attached hydrogens (tertiary/aromatic N) is 2. The molecule has 0 amide bonds. The first kappa shape index (κ1) is 15.7. The van der Waals surface area contributed by atoms with Gasteiger partial charge in [-0.25, -0.2) is 9.97 Å².